The number of halogens is 1. The molecular formula is C16H14ClNO. The highest BCUT2D eigenvalue weighted by Crippen LogP contribution is 2.35. The summed E-state index contributed by atoms with van der Waals surface area (Å²) in [5, 5.41) is 3.66. The molecule has 0 spiro atoms. The smallest absolute Gasteiger partial charge is 0.221 e. The number of rotatable bonds is 1. The molecule has 0 fully saturated rings. The Labute approximate surface area is 117 Å². The molecule has 1 aliphatic rings. The van der Waals surface area contributed by atoms with Gasteiger partial charge >= 0.3 is 0 Å². The van der Waals surface area contributed by atoms with E-state index in [4.69, 9.17) is 11.6 Å². The number of fused-ring (bicyclic) bond motifs is 1. The van der Waals surface area contributed by atoms with Gasteiger partial charge in [-0.15, -0.1) is 0 Å². The zero-order valence-corrected chi connectivity index (χ0v) is 11.2. The van der Waals surface area contributed by atoms with Crippen LogP contribution in [0.3, 0.4) is 0 Å². The molecule has 0 saturated heterocycles. The molecule has 19 heavy (non-hydrogen) atoms. The largest absolute Gasteiger partial charge is 0.352 e. The predicted molar refractivity (Wildman–Crippen MR) is 76.2 cm³/mol. The van der Waals surface area contributed by atoms with Crippen molar-refractivity contribution in [2.45, 2.75) is 18.9 Å². The van der Waals surface area contributed by atoms with Crippen molar-refractivity contribution in [1.82, 2.24) is 5.32 Å². The summed E-state index contributed by atoms with van der Waals surface area (Å²) in [4.78, 5) is 11.9. The summed E-state index contributed by atoms with van der Waals surface area (Å²) in [6.45, 7) is 0.593. The number of nitrogens with one attached hydrogen (secondary N) is 1. The molecule has 0 saturated carbocycles. The summed E-state index contributed by atoms with van der Waals surface area (Å²) >= 11 is 6.29. The van der Waals surface area contributed by atoms with Gasteiger partial charge in [-0.05, 0) is 22.8 Å². The van der Waals surface area contributed by atoms with E-state index >= 15 is 0 Å². The Morgan fingerprint density at radius 2 is 1.68 bits per heavy atom. The van der Waals surface area contributed by atoms with Crippen LogP contribution in [0.4, 0.5) is 0 Å². The average Bonchev–Trinajstić information content (AvgIpc) is 2.59. The van der Waals surface area contributed by atoms with Crippen LogP contribution in [0.25, 0.3) is 0 Å². The maximum atomic E-state index is 11.9. The molecule has 1 aliphatic heterocycles. The Balaban J connectivity index is 2.13. The summed E-state index contributed by atoms with van der Waals surface area (Å²) in [6.07, 6.45) is 0.445. The van der Waals surface area contributed by atoms with Crippen LogP contribution >= 0.6 is 11.6 Å². The van der Waals surface area contributed by atoms with Crippen LogP contribution in [0.2, 0.25) is 5.02 Å². The molecule has 0 aromatic heterocycles. The topological polar surface area (TPSA) is 29.1 Å². The first kappa shape index (κ1) is 12.2. The number of hydrogen-bond donors (Lipinski definition) is 1. The van der Waals surface area contributed by atoms with Gasteiger partial charge in [0.25, 0.3) is 0 Å². The Bertz CT molecular complexity index is 624. The van der Waals surface area contributed by atoms with Crippen molar-refractivity contribution < 1.29 is 4.79 Å². The molecule has 1 atom stereocenters. The minimum absolute atomic E-state index is 0.0346. The SMILES string of the molecule is O=C1CC(c2ccccc2Cl)c2ccccc2CN1. The number of carbonyl (C=O) groups excluding carboxylic acids is 1. The average molecular weight is 272 g/mol. The van der Waals surface area contributed by atoms with Crippen molar-refractivity contribution in [3.63, 3.8) is 0 Å². The quantitative estimate of drug-likeness (QED) is 0.845. The minimum Gasteiger partial charge on any atom is -0.352 e. The monoisotopic (exact) mass is 271 g/mol. The van der Waals surface area contributed by atoms with E-state index in [1.165, 1.54) is 11.1 Å². The van der Waals surface area contributed by atoms with E-state index in [-0.39, 0.29) is 11.8 Å². The van der Waals surface area contributed by atoms with Crippen molar-refractivity contribution in [2.75, 3.05) is 0 Å². The number of amides is 1. The molecular weight excluding hydrogens is 258 g/mol. The molecule has 3 heteroatoms. The lowest BCUT2D eigenvalue weighted by molar-refractivity contribution is -0.121. The van der Waals surface area contributed by atoms with Gasteiger partial charge in [0, 0.05) is 23.9 Å². The van der Waals surface area contributed by atoms with Gasteiger partial charge in [-0.25, -0.2) is 0 Å². The van der Waals surface area contributed by atoms with Gasteiger partial charge in [-0.2, -0.15) is 0 Å². The molecule has 3 rings (SSSR count). The molecule has 0 radical (unpaired) electrons. The summed E-state index contributed by atoms with van der Waals surface area (Å²) < 4.78 is 0. The first-order chi connectivity index (χ1) is 9.25. The van der Waals surface area contributed by atoms with Crippen LogP contribution in [0.5, 0.6) is 0 Å². The predicted octanol–water partition coefficient (Wildman–Crippen LogP) is 3.49. The van der Waals surface area contributed by atoms with E-state index in [1.54, 1.807) is 0 Å². The van der Waals surface area contributed by atoms with Gasteiger partial charge in [0.15, 0.2) is 0 Å². The highest BCUT2D eigenvalue weighted by Gasteiger charge is 2.25. The first-order valence-corrected chi connectivity index (χ1v) is 6.72. The van der Waals surface area contributed by atoms with Gasteiger partial charge in [0.05, 0.1) is 0 Å². The molecule has 1 N–H and O–H groups in total. The van der Waals surface area contributed by atoms with Crippen molar-refractivity contribution in [1.29, 1.82) is 0 Å². The Morgan fingerprint density at radius 3 is 2.47 bits per heavy atom. The first-order valence-electron chi connectivity index (χ1n) is 6.34. The second kappa shape index (κ2) is 5.06. The van der Waals surface area contributed by atoms with Crippen LogP contribution in [0.15, 0.2) is 48.5 Å². The van der Waals surface area contributed by atoms with Crippen molar-refractivity contribution >= 4 is 17.5 Å². The zero-order chi connectivity index (χ0) is 13.2. The van der Waals surface area contributed by atoms with Gasteiger partial charge < -0.3 is 5.32 Å². The lowest BCUT2D eigenvalue weighted by Gasteiger charge is -2.18. The Morgan fingerprint density at radius 1 is 1.00 bits per heavy atom. The summed E-state index contributed by atoms with van der Waals surface area (Å²) in [7, 11) is 0. The van der Waals surface area contributed by atoms with E-state index < -0.39 is 0 Å². The minimum atomic E-state index is 0.0346. The van der Waals surface area contributed by atoms with Gasteiger partial charge in [0.1, 0.15) is 0 Å². The molecule has 96 valence electrons. The lowest BCUT2D eigenvalue weighted by atomic mass is 9.86. The highest BCUT2D eigenvalue weighted by molar-refractivity contribution is 6.31. The normalized spacial score (nSPS) is 18.4. The van der Waals surface area contributed by atoms with E-state index in [0.717, 1.165) is 10.6 Å². The zero-order valence-electron chi connectivity index (χ0n) is 10.4. The second-order valence-electron chi connectivity index (χ2n) is 4.75. The van der Waals surface area contributed by atoms with E-state index in [1.807, 2.05) is 36.4 Å². The number of hydrogen-bond acceptors (Lipinski definition) is 1. The number of carbonyl (C=O) groups is 1. The van der Waals surface area contributed by atoms with Crippen LogP contribution in [-0.4, -0.2) is 5.91 Å². The van der Waals surface area contributed by atoms with Crippen LogP contribution in [-0.2, 0) is 11.3 Å². The third-order valence-electron chi connectivity index (χ3n) is 3.58. The van der Waals surface area contributed by atoms with E-state index in [9.17, 15) is 4.79 Å². The van der Waals surface area contributed by atoms with E-state index in [0.29, 0.717) is 13.0 Å². The van der Waals surface area contributed by atoms with Gasteiger partial charge in [-0.3, -0.25) is 4.79 Å². The fraction of sp³-hybridized carbons (Fsp3) is 0.188. The van der Waals surface area contributed by atoms with Gasteiger partial charge in [0.2, 0.25) is 5.91 Å². The molecule has 0 bridgehead atoms. The summed E-state index contributed by atoms with van der Waals surface area (Å²) in [5.74, 6) is 0.105. The fourth-order valence-corrected chi connectivity index (χ4v) is 2.90. The Hall–Kier alpha value is -1.80. The molecule has 0 aliphatic carbocycles. The molecule has 1 heterocycles. The van der Waals surface area contributed by atoms with Gasteiger partial charge in [-0.1, -0.05) is 54.1 Å². The molecule has 1 unspecified atom stereocenters. The van der Waals surface area contributed by atoms with Crippen LogP contribution in [0, 0.1) is 0 Å². The highest BCUT2D eigenvalue weighted by atomic mass is 35.5. The van der Waals surface area contributed by atoms with Crippen molar-refractivity contribution in [2.24, 2.45) is 0 Å². The van der Waals surface area contributed by atoms with Crippen molar-refractivity contribution in [3.8, 4) is 0 Å². The third kappa shape index (κ3) is 2.36. The Kier molecular flexibility index (Phi) is 3.26. The third-order valence-corrected chi connectivity index (χ3v) is 3.92. The number of benzene rings is 2. The summed E-state index contributed by atoms with van der Waals surface area (Å²) in [6, 6.07) is 15.9. The maximum absolute atomic E-state index is 11.9. The van der Waals surface area contributed by atoms with Crippen LogP contribution < -0.4 is 5.32 Å². The molecule has 2 aromatic carbocycles. The second-order valence-corrected chi connectivity index (χ2v) is 5.16. The fourth-order valence-electron chi connectivity index (χ4n) is 2.63. The standard InChI is InChI=1S/C16H14ClNO/c17-15-8-4-3-7-13(15)14-9-16(19)18-10-11-5-1-2-6-12(11)14/h1-8,14H,9-10H2,(H,18,19). The summed E-state index contributed by atoms with van der Waals surface area (Å²) in [5.41, 5.74) is 3.38. The van der Waals surface area contributed by atoms with E-state index in [2.05, 4.69) is 17.4 Å². The molecule has 2 nitrogen and oxygen atoms in total. The van der Waals surface area contributed by atoms with Crippen LogP contribution in [0.1, 0.15) is 29.0 Å². The molecule has 1 amide bonds. The maximum Gasteiger partial charge on any atom is 0.221 e. The lowest BCUT2D eigenvalue weighted by Crippen LogP contribution is -2.21. The molecule has 2 aromatic rings. The van der Waals surface area contributed by atoms with Crippen molar-refractivity contribution in [3.05, 3.63) is 70.2 Å².